The lowest BCUT2D eigenvalue weighted by Gasteiger charge is -2.12. The van der Waals surface area contributed by atoms with Crippen LogP contribution in [0.2, 0.25) is 0 Å². The molecule has 0 saturated carbocycles. The second-order valence-electron chi connectivity index (χ2n) is 5.03. The summed E-state index contributed by atoms with van der Waals surface area (Å²) in [5.74, 6) is -3.18. The lowest BCUT2D eigenvalue weighted by molar-refractivity contribution is 0.0696. The first-order valence-electron chi connectivity index (χ1n) is 6.64. The molecule has 23 heavy (non-hydrogen) atoms. The molecule has 0 spiro atoms. The van der Waals surface area contributed by atoms with Gasteiger partial charge in [-0.1, -0.05) is 18.2 Å². The molecule has 6 nitrogen and oxygen atoms in total. The van der Waals surface area contributed by atoms with E-state index >= 15 is 0 Å². The van der Waals surface area contributed by atoms with Crippen molar-refractivity contribution in [3.8, 4) is 11.1 Å². The minimum absolute atomic E-state index is 0.0687. The van der Waals surface area contributed by atoms with Crippen LogP contribution in [0.15, 0.2) is 30.5 Å². The van der Waals surface area contributed by atoms with Crippen molar-refractivity contribution >= 4 is 22.8 Å². The topological polar surface area (TPSA) is 103 Å². The maximum absolute atomic E-state index is 14.6. The monoisotopic (exact) mass is 314 g/mol. The van der Waals surface area contributed by atoms with Crippen molar-refractivity contribution in [3.63, 3.8) is 0 Å². The number of aromatic carboxylic acids is 2. The molecule has 7 heteroatoms. The number of carbonyl (C=O) groups is 2. The molecule has 0 saturated heterocycles. The quantitative estimate of drug-likeness (QED) is 0.689. The van der Waals surface area contributed by atoms with Crippen LogP contribution in [0.4, 0.5) is 4.39 Å². The number of nitrogens with one attached hydrogen (secondary N) is 1. The fourth-order valence-corrected chi connectivity index (χ4v) is 2.63. The van der Waals surface area contributed by atoms with Crippen LogP contribution >= 0.6 is 0 Å². The number of aromatic nitrogens is 2. The van der Waals surface area contributed by atoms with Crippen LogP contribution in [0.5, 0.6) is 0 Å². The van der Waals surface area contributed by atoms with Gasteiger partial charge in [-0.2, -0.15) is 5.10 Å². The average molecular weight is 314 g/mol. The average Bonchev–Trinajstić information content (AvgIpc) is 2.96. The molecule has 3 rings (SSSR count). The van der Waals surface area contributed by atoms with Crippen LogP contribution < -0.4 is 0 Å². The van der Waals surface area contributed by atoms with Gasteiger partial charge in [0.1, 0.15) is 5.52 Å². The second kappa shape index (κ2) is 5.20. The molecule has 0 fully saturated rings. The molecular formula is C16H11FN2O4. The van der Waals surface area contributed by atoms with E-state index in [4.69, 9.17) is 5.11 Å². The summed E-state index contributed by atoms with van der Waals surface area (Å²) in [5, 5.41) is 25.4. The van der Waals surface area contributed by atoms with Gasteiger partial charge in [-0.3, -0.25) is 5.10 Å². The minimum Gasteiger partial charge on any atom is -0.478 e. The molecule has 0 amide bonds. The van der Waals surface area contributed by atoms with E-state index in [0.717, 1.165) is 0 Å². The Labute approximate surface area is 129 Å². The summed E-state index contributed by atoms with van der Waals surface area (Å²) >= 11 is 0. The van der Waals surface area contributed by atoms with Gasteiger partial charge in [0.2, 0.25) is 0 Å². The highest BCUT2D eigenvalue weighted by Gasteiger charge is 2.22. The predicted octanol–water partition coefficient (Wildman–Crippen LogP) is 3.07. The van der Waals surface area contributed by atoms with Crippen LogP contribution in [0.3, 0.4) is 0 Å². The number of aromatic amines is 1. The first kappa shape index (κ1) is 14.7. The Hall–Kier alpha value is -3.22. The van der Waals surface area contributed by atoms with Gasteiger partial charge in [0.15, 0.2) is 5.82 Å². The highest BCUT2D eigenvalue weighted by atomic mass is 19.1. The van der Waals surface area contributed by atoms with Gasteiger partial charge in [-0.05, 0) is 24.1 Å². The lowest BCUT2D eigenvalue weighted by atomic mass is 9.92. The minimum atomic E-state index is -1.32. The number of rotatable bonds is 3. The van der Waals surface area contributed by atoms with Gasteiger partial charge in [0.05, 0.1) is 17.3 Å². The zero-order valence-electron chi connectivity index (χ0n) is 11.9. The molecule has 0 atom stereocenters. The van der Waals surface area contributed by atoms with Crippen LogP contribution in [-0.4, -0.2) is 32.3 Å². The Bertz CT molecular complexity index is 962. The number of hydrogen-bond acceptors (Lipinski definition) is 3. The van der Waals surface area contributed by atoms with Crippen LogP contribution in [-0.2, 0) is 0 Å². The molecule has 1 heterocycles. The maximum Gasteiger partial charge on any atom is 0.336 e. The maximum atomic E-state index is 14.6. The molecule has 0 aliphatic rings. The third-order valence-corrected chi connectivity index (χ3v) is 3.75. The normalized spacial score (nSPS) is 10.9. The number of carboxylic acid groups (broad SMARTS) is 2. The van der Waals surface area contributed by atoms with Gasteiger partial charge in [0.25, 0.3) is 0 Å². The van der Waals surface area contributed by atoms with Crippen molar-refractivity contribution in [2.24, 2.45) is 0 Å². The van der Waals surface area contributed by atoms with E-state index < -0.39 is 17.8 Å². The van der Waals surface area contributed by atoms with Crippen molar-refractivity contribution in [2.75, 3.05) is 0 Å². The molecular weight excluding hydrogens is 303 g/mol. The zero-order chi connectivity index (χ0) is 16.7. The Balaban J connectivity index is 2.34. The number of carboxylic acids is 2. The summed E-state index contributed by atoms with van der Waals surface area (Å²) in [5.41, 5.74) is 0.0652. The van der Waals surface area contributed by atoms with Crippen LogP contribution in [0, 0.1) is 12.7 Å². The zero-order valence-corrected chi connectivity index (χ0v) is 11.9. The summed E-state index contributed by atoms with van der Waals surface area (Å²) in [6, 6.07) is 5.65. The van der Waals surface area contributed by atoms with Gasteiger partial charge < -0.3 is 10.2 Å². The summed E-state index contributed by atoms with van der Waals surface area (Å²) in [6.45, 7) is 1.39. The first-order chi connectivity index (χ1) is 10.9. The van der Waals surface area contributed by atoms with Gasteiger partial charge in [-0.15, -0.1) is 0 Å². The molecule has 0 bridgehead atoms. The molecule has 0 radical (unpaired) electrons. The smallest absolute Gasteiger partial charge is 0.336 e. The molecule has 1 aromatic heterocycles. The Morgan fingerprint density at radius 1 is 1.09 bits per heavy atom. The number of benzene rings is 2. The molecule has 0 unspecified atom stereocenters. The van der Waals surface area contributed by atoms with E-state index in [1.807, 2.05) is 0 Å². The number of nitrogens with zero attached hydrogens (tertiary/aromatic N) is 1. The fourth-order valence-electron chi connectivity index (χ4n) is 2.63. The number of hydrogen-bond donors (Lipinski definition) is 3. The van der Waals surface area contributed by atoms with E-state index in [2.05, 4.69) is 10.2 Å². The largest absolute Gasteiger partial charge is 0.478 e. The van der Waals surface area contributed by atoms with Gasteiger partial charge >= 0.3 is 11.9 Å². The summed E-state index contributed by atoms with van der Waals surface area (Å²) in [4.78, 5) is 22.8. The summed E-state index contributed by atoms with van der Waals surface area (Å²) in [7, 11) is 0. The Kier molecular flexibility index (Phi) is 3.33. The summed E-state index contributed by atoms with van der Waals surface area (Å²) < 4.78 is 14.6. The second-order valence-corrected chi connectivity index (χ2v) is 5.03. The molecule has 0 aliphatic carbocycles. The molecule has 116 valence electrons. The third kappa shape index (κ3) is 2.22. The Morgan fingerprint density at radius 3 is 2.43 bits per heavy atom. The lowest BCUT2D eigenvalue weighted by Crippen LogP contribution is -2.09. The van der Waals surface area contributed by atoms with Gasteiger partial charge in [0, 0.05) is 10.9 Å². The third-order valence-electron chi connectivity index (χ3n) is 3.75. The van der Waals surface area contributed by atoms with Crippen molar-refractivity contribution in [1.29, 1.82) is 0 Å². The van der Waals surface area contributed by atoms with Crippen molar-refractivity contribution in [2.45, 2.75) is 6.92 Å². The van der Waals surface area contributed by atoms with Gasteiger partial charge in [-0.25, -0.2) is 14.0 Å². The van der Waals surface area contributed by atoms with E-state index in [9.17, 15) is 19.1 Å². The predicted molar refractivity (Wildman–Crippen MR) is 80.1 cm³/mol. The number of fused-ring (bicyclic) bond motifs is 1. The molecule has 3 aromatic rings. The van der Waals surface area contributed by atoms with Crippen molar-refractivity contribution in [3.05, 3.63) is 53.0 Å². The highest BCUT2D eigenvalue weighted by molar-refractivity contribution is 6.02. The Morgan fingerprint density at radius 2 is 1.78 bits per heavy atom. The number of halogens is 1. The summed E-state index contributed by atoms with van der Waals surface area (Å²) in [6.07, 6.45) is 1.46. The molecule has 0 aliphatic heterocycles. The van der Waals surface area contributed by atoms with Crippen LogP contribution in [0.1, 0.15) is 26.3 Å². The van der Waals surface area contributed by atoms with E-state index in [1.165, 1.54) is 31.3 Å². The standard InChI is InChI=1S/C16H11FN2O4/c1-7-9(15(20)21)4-5-10(12(7)16(22)23)11-3-2-8-6-18-19-14(8)13(11)17/h2-6H,1H3,(H,18,19)(H,20,21)(H,22,23). The van der Waals surface area contributed by atoms with Crippen molar-refractivity contribution in [1.82, 2.24) is 10.2 Å². The van der Waals surface area contributed by atoms with E-state index in [1.54, 1.807) is 6.07 Å². The molecule has 3 N–H and O–H groups in total. The fraction of sp³-hybridized carbons (Fsp3) is 0.0625. The number of H-pyrrole nitrogens is 1. The molecule has 2 aromatic carbocycles. The van der Waals surface area contributed by atoms with E-state index in [-0.39, 0.29) is 33.3 Å². The SMILES string of the molecule is Cc1c(C(=O)O)ccc(-c2ccc3cn[nH]c3c2F)c1C(=O)O. The first-order valence-corrected chi connectivity index (χ1v) is 6.64. The van der Waals surface area contributed by atoms with Crippen LogP contribution in [0.25, 0.3) is 22.0 Å². The highest BCUT2D eigenvalue weighted by Crippen LogP contribution is 2.33. The van der Waals surface area contributed by atoms with Crippen molar-refractivity contribution < 1.29 is 24.2 Å². The van der Waals surface area contributed by atoms with E-state index in [0.29, 0.717) is 5.39 Å².